The fourth-order valence-corrected chi connectivity index (χ4v) is 3.94. The zero-order chi connectivity index (χ0) is 20.4. The number of nitrogens with zero attached hydrogens (tertiary/aromatic N) is 5. The van der Waals surface area contributed by atoms with E-state index < -0.39 is 0 Å². The molecule has 152 valence electrons. The van der Waals surface area contributed by atoms with Crippen LogP contribution in [0.1, 0.15) is 61.3 Å². The van der Waals surface area contributed by atoms with E-state index in [0.717, 1.165) is 32.5 Å². The zero-order valence-corrected chi connectivity index (χ0v) is 17.3. The van der Waals surface area contributed by atoms with E-state index in [1.165, 1.54) is 11.3 Å². The van der Waals surface area contributed by atoms with Crippen molar-refractivity contribution in [3.8, 4) is 0 Å². The summed E-state index contributed by atoms with van der Waals surface area (Å²) in [6.07, 6.45) is 9.38. The van der Waals surface area contributed by atoms with E-state index in [1.807, 2.05) is 37.6 Å². The average Bonchev–Trinajstić information content (AvgIpc) is 3.13. The van der Waals surface area contributed by atoms with Gasteiger partial charge in [0.25, 0.3) is 5.91 Å². The molecule has 1 aliphatic heterocycles. The van der Waals surface area contributed by atoms with Gasteiger partial charge in [-0.15, -0.1) is 0 Å². The molecule has 29 heavy (non-hydrogen) atoms. The molecule has 7 nitrogen and oxygen atoms in total. The lowest BCUT2D eigenvalue weighted by Crippen LogP contribution is -2.40. The van der Waals surface area contributed by atoms with Crippen LogP contribution in [-0.4, -0.2) is 48.8 Å². The number of hydrogen-bond donors (Lipinski definition) is 1. The molecule has 3 aromatic rings. The Morgan fingerprint density at radius 1 is 1.10 bits per heavy atom. The van der Waals surface area contributed by atoms with Gasteiger partial charge in [-0.3, -0.25) is 19.1 Å². The maximum Gasteiger partial charge on any atom is 0.274 e. The van der Waals surface area contributed by atoms with Crippen LogP contribution in [0.4, 0.5) is 0 Å². The molecule has 0 bridgehead atoms. The summed E-state index contributed by atoms with van der Waals surface area (Å²) in [5, 5.41) is 2.98. The van der Waals surface area contributed by atoms with Gasteiger partial charge in [-0.2, -0.15) is 0 Å². The Labute approximate surface area is 171 Å². The Morgan fingerprint density at radius 2 is 1.83 bits per heavy atom. The molecule has 0 aromatic carbocycles. The molecule has 0 spiro atoms. The molecule has 0 saturated carbocycles. The van der Waals surface area contributed by atoms with Crippen molar-refractivity contribution in [3.63, 3.8) is 0 Å². The number of pyridine rings is 1. The van der Waals surface area contributed by atoms with E-state index in [9.17, 15) is 4.79 Å². The van der Waals surface area contributed by atoms with Gasteiger partial charge in [-0.25, -0.2) is 9.97 Å². The third-order valence-electron chi connectivity index (χ3n) is 5.33. The van der Waals surface area contributed by atoms with Crippen molar-refractivity contribution in [2.45, 2.75) is 51.6 Å². The molecule has 0 aliphatic carbocycles. The van der Waals surface area contributed by atoms with Crippen molar-refractivity contribution in [1.82, 2.24) is 29.6 Å². The molecule has 4 rings (SSSR count). The SMILES string of the molecule is CC(C)(C)NC(=O)c1ncn2c(C3CCN(Cc4ccncc4)CC3)ccnc12. The van der Waals surface area contributed by atoms with Crippen molar-refractivity contribution in [2.75, 3.05) is 13.1 Å². The summed E-state index contributed by atoms with van der Waals surface area (Å²) in [4.78, 5) is 28.0. The highest BCUT2D eigenvalue weighted by Gasteiger charge is 2.25. The van der Waals surface area contributed by atoms with Gasteiger partial charge >= 0.3 is 0 Å². The van der Waals surface area contributed by atoms with Crippen LogP contribution in [0.15, 0.2) is 43.1 Å². The maximum absolute atomic E-state index is 12.6. The Balaban J connectivity index is 1.48. The first-order valence-corrected chi connectivity index (χ1v) is 10.2. The third-order valence-corrected chi connectivity index (χ3v) is 5.33. The summed E-state index contributed by atoms with van der Waals surface area (Å²) >= 11 is 0. The van der Waals surface area contributed by atoms with Crippen LogP contribution < -0.4 is 5.32 Å². The predicted octanol–water partition coefficient (Wildman–Crippen LogP) is 3.03. The second kappa shape index (κ2) is 7.91. The van der Waals surface area contributed by atoms with Gasteiger partial charge in [0.05, 0.1) is 0 Å². The number of imidazole rings is 1. The van der Waals surface area contributed by atoms with Gasteiger partial charge < -0.3 is 5.32 Å². The molecule has 3 aromatic heterocycles. The number of piperidine rings is 1. The summed E-state index contributed by atoms with van der Waals surface area (Å²) < 4.78 is 1.99. The summed E-state index contributed by atoms with van der Waals surface area (Å²) in [5.74, 6) is 0.249. The zero-order valence-electron chi connectivity index (χ0n) is 17.3. The first-order chi connectivity index (χ1) is 13.9. The van der Waals surface area contributed by atoms with Crippen LogP contribution in [0.3, 0.4) is 0 Å². The highest BCUT2D eigenvalue weighted by atomic mass is 16.2. The van der Waals surface area contributed by atoms with Crippen molar-refractivity contribution < 1.29 is 4.79 Å². The van der Waals surface area contributed by atoms with Crippen molar-refractivity contribution in [1.29, 1.82) is 0 Å². The Kier molecular flexibility index (Phi) is 5.32. The number of hydrogen-bond acceptors (Lipinski definition) is 5. The number of nitrogens with one attached hydrogen (secondary N) is 1. The number of carbonyl (C=O) groups is 1. The van der Waals surface area contributed by atoms with Crippen LogP contribution in [0.2, 0.25) is 0 Å². The average molecular weight is 393 g/mol. The minimum absolute atomic E-state index is 0.183. The number of amides is 1. The highest BCUT2D eigenvalue weighted by Crippen LogP contribution is 2.29. The largest absolute Gasteiger partial charge is 0.346 e. The first-order valence-electron chi connectivity index (χ1n) is 10.2. The van der Waals surface area contributed by atoms with Gasteiger partial charge in [0.1, 0.15) is 6.33 Å². The highest BCUT2D eigenvalue weighted by molar-refractivity contribution is 5.98. The second-order valence-electron chi connectivity index (χ2n) is 8.77. The fraction of sp³-hybridized carbons (Fsp3) is 0.455. The van der Waals surface area contributed by atoms with E-state index in [0.29, 0.717) is 17.3 Å². The Morgan fingerprint density at radius 3 is 2.52 bits per heavy atom. The van der Waals surface area contributed by atoms with E-state index >= 15 is 0 Å². The van der Waals surface area contributed by atoms with E-state index in [2.05, 4.69) is 43.4 Å². The number of aromatic nitrogens is 4. The lowest BCUT2D eigenvalue weighted by Gasteiger charge is -2.32. The summed E-state index contributed by atoms with van der Waals surface area (Å²) in [5.41, 5.74) is 3.18. The topological polar surface area (TPSA) is 75.4 Å². The quantitative estimate of drug-likeness (QED) is 0.739. The molecule has 0 radical (unpaired) electrons. The molecule has 4 heterocycles. The van der Waals surface area contributed by atoms with Gasteiger partial charge in [-0.05, 0) is 70.5 Å². The molecular formula is C22H28N6O. The van der Waals surface area contributed by atoms with Gasteiger partial charge in [0, 0.05) is 42.3 Å². The van der Waals surface area contributed by atoms with Gasteiger partial charge in [0.15, 0.2) is 11.3 Å². The van der Waals surface area contributed by atoms with E-state index in [4.69, 9.17) is 0 Å². The molecule has 0 unspecified atom stereocenters. The van der Waals surface area contributed by atoms with Gasteiger partial charge in [0.2, 0.25) is 0 Å². The van der Waals surface area contributed by atoms with Crippen LogP contribution in [0.25, 0.3) is 5.65 Å². The lowest BCUT2D eigenvalue weighted by atomic mass is 9.93. The second-order valence-corrected chi connectivity index (χ2v) is 8.77. The van der Waals surface area contributed by atoms with Crippen LogP contribution in [0.5, 0.6) is 0 Å². The molecule has 1 saturated heterocycles. The van der Waals surface area contributed by atoms with Crippen LogP contribution in [-0.2, 0) is 6.54 Å². The minimum atomic E-state index is -0.313. The van der Waals surface area contributed by atoms with Crippen LogP contribution in [0, 0.1) is 0 Å². The maximum atomic E-state index is 12.6. The van der Waals surface area contributed by atoms with Crippen molar-refractivity contribution >= 4 is 11.6 Å². The summed E-state index contributed by atoms with van der Waals surface area (Å²) in [6.45, 7) is 8.93. The number of rotatable bonds is 4. The summed E-state index contributed by atoms with van der Waals surface area (Å²) in [6, 6.07) is 6.21. The molecule has 0 atom stereocenters. The summed E-state index contributed by atoms with van der Waals surface area (Å²) in [7, 11) is 0. The molecule has 1 fully saturated rings. The van der Waals surface area contributed by atoms with Crippen molar-refractivity contribution in [3.05, 3.63) is 60.1 Å². The fourth-order valence-electron chi connectivity index (χ4n) is 3.94. The Bertz CT molecular complexity index is 983. The molecular weight excluding hydrogens is 364 g/mol. The predicted molar refractivity (Wildman–Crippen MR) is 112 cm³/mol. The minimum Gasteiger partial charge on any atom is -0.346 e. The van der Waals surface area contributed by atoms with Crippen molar-refractivity contribution in [2.24, 2.45) is 0 Å². The monoisotopic (exact) mass is 392 g/mol. The van der Waals surface area contributed by atoms with E-state index in [-0.39, 0.29) is 11.4 Å². The molecule has 1 aliphatic rings. The number of fused-ring (bicyclic) bond motifs is 1. The molecule has 7 heteroatoms. The molecule has 1 N–H and O–H groups in total. The number of likely N-dealkylation sites (tertiary alicyclic amines) is 1. The van der Waals surface area contributed by atoms with Gasteiger partial charge in [-0.1, -0.05) is 0 Å². The third kappa shape index (κ3) is 4.45. The number of carbonyl (C=O) groups excluding carboxylic acids is 1. The normalized spacial score (nSPS) is 16.2. The first kappa shape index (κ1) is 19.5. The lowest BCUT2D eigenvalue weighted by molar-refractivity contribution is 0.0916. The van der Waals surface area contributed by atoms with Crippen LogP contribution >= 0.6 is 0 Å². The Hall–Kier alpha value is -2.80. The molecule has 1 amide bonds. The van der Waals surface area contributed by atoms with E-state index in [1.54, 1.807) is 12.5 Å². The smallest absolute Gasteiger partial charge is 0.274 e. The standard InChI is InChI=1S/C22H28N6O/c1-22(2,3)26-21(29)19-20-24-11-6-18(28(20)15-25-19)17-7-12-27(13-8-17)14-16-4-9-23-10-5-16/h4-6,9-11,15,17H,7-8,12-14H2,1-3H3,(H,26,29).